The zero-order chi connectivity index (χ0) is 44.3. The zero-order valence-corrected chi connectivity index (χ0v) is 34.5. The number of β-lactam (4-membered cyclic amide) rings is 1. The van der Waals surface area contributed by atoms with E-state index in [4.69, 9.17) is 22.1 Å². The molecular formula is C40H40ClFN8O11S. The Kier molecular flexibility index (Phi) is 11.4. The molecule has 3 aromatic rings. The van der Waals surface area contributed by atoms with Gasteiger partial charge in [-0.05, 0) is 49.9 Å². The summed E-state index contributed by atoms with van der Waals surface area (Å²) in [5.41, 5.74) is 5.19. The molecular weight excluding hydrogens is 855 g/mol. The standard InChI is InChI=1S/C40H40ClFN8O11S/c1-2-46-11-12-48(36(56)35(46)55)40(60)45-28(18-3-7-22(51)8-4-18)33(53)44-29-34(54)50-30(38(57)58)19(17-62-37(29)50)16-61-39(59)25-14-26(52)23-13-24(42)32(47-10-9-20(43)15-47)27(41)31(23)49(25)21-5-6-21/h3-4,7-8,13-14,20-21,28-29,37,51H,2,5-6,9-12,15-17,43H2,1H3,(H,44,53)(H,45,60)(H,57,58)/t20?,28-,29-,37-/m1/s1. The minimum atomic E-state index is -1.53. The van der Waals surface area contributed by atoms with Gasteiger partial charge in [0.05, 0.1) is 21.6 Å². The van der Waals surface area contributed by atoms with Gasteiger partial charge in [-0.2, -0.15) is 0 Å². The van der Waals surface area contributed by atoms with Crippen LogP contribution in [0, 0.1) is 5.82 Å². The van der Waals surface area contributed by atoms with Gasteiger partial charge in [-0.15, -0.1) is 11.8 Å². The highest BCUT2D eigenvalue weighted by atomic mass is 35.5. The van der Waals surface area contributed by atoms with E-state index in [1.165, 1.54) is 29.2 Å². The number of carboxylic acid groups (broad SMARTS) is 1. The molecule has 4 atom stereocenters. The van der Waals surface area contributed by atoms with Crippen LogP contribution in [0.5, 0.6) is 5.75 Å². The predicted molar refractivity (Wildman–Crippen MR) is 220 cm³/mol. The van der Waals surface area contributed by atoms with Crippen LogP contribution in [-0.4, -0.2) is 134 Å². The fourth-order valence-corrected chi connectivity index (χ4v) is 9.89. The van der Waals surface area contributed by atoms with Crippen molar-refractivity contribution in [3.05, 3.63) is 80.0 Å². The number of carbonyl (C=O) groups excluding carboxylic acids is 6. The van der Waals surface area contributed by atoms with Crippen molar-refractivity contribution in [1.29, 1.82) is 0 Å². The molecule has 0 bridgehead atoms. The molecule has 6 N–H and O–H groups in total. The Balaban J connectivity index is 1.00. The molecule has 3 saturated heterocycles. The van der Waals surface area contributed by atoms with E-state index >= 15 is 4.39 Å². The molecule has 2 aromatic carbocycles. The van der Waals surface area contributed by atoms with E-state index in [2.05, 4.69) is 10.6 Å². The Morgan fingerprint density at radius 1 is 1.03 bits per heavy atom. The fraction of sp³-hybridized carbons (Fsp3) is 0.400. The number of phenolic OH excluding ortho intramolecular Hbond substituents is 1. The molecule has 19 nitrogen and oxygen atoms in total. The highest BCUT2D eigenvalue weighted by Crippen LogP contribution is 2.44. The number of hydrogen-bond donors (Lipinski definition) is 5. The average molecular weight is 895 g/mol. The van der Waals surface area contributed by atoms with E-state index in [-0.39, 0.29) is 81.7 Å². The Morgan fingerprint density at radius 2 is 1.76 bits per heavy atom. The summed E-state index contributed by atoms with van der Waals surface area (Å²) in [6.07, 6.45) is 1.88. The number of fused-ring (bicyclic) bond motifs is 2. The number of anilines is 1. The smallest absolute Gasteiger partial charge is 0.355 e. The number of phenols is 1. The first kappa shape index (κ1) is 42.5. The molecule has 4 fully saturated rings. The van der Waals surface area contributed by atoms with Gasteiger partial charge in [-0.1, -0.05) is 23.7 Å². The van der Waals surface area contributed by atoms with Gasteiger partial charge in [0.1, 0.15) is 47.0 Å². The van der Waals surface area contributed by atoms with Gasteiger partial charge in [-0.3, -0.25) is 33.8 Å². The lowest BCUT2D eigenvalue weighted by molar-refractivity contribution is -0.153. The summed E-state index contributed by atoms with van der Waals surface area (Å²) >= 11 is 7.92. The summed E-state index contributed by atoms with van der Waals surface area (Å²) in [5.74, 6) is -7.13. The summed E-state index contributed by atoms with van der Waals surface area (Å²) in [6.45, 7) is 2.06. The molecule has 22 heteroatoms. The van der Waals surface area contributed by atoms with Gasteiger partial charge < -0.3 is 45.7 Å². The maximum Gasteiger partial charge on any atom is 0.355 e. The first-order chi connectivity index (χ1) is 29.6. The number of carbonyl (C=O) groups is 7. The number of nitrogens with zero attached hydrogens (tertiary/aromatic N) is 5. The second-order valence-corrected chi connectivity index (χ2v) is 16.9. The highest BCUT2D eigenvalue weighted by Gasteiger charge is 2.55. The van der Waals surface area contributed by atoms with Gasteiger partial charge in [0.25, 0.3) is 5.91 Å². The van der Waals surface area contributed by atoms with Crippen molar-refractivity contribution in [2.24, 2.45) is 5.73 Å². The van der Waals surface area contributed by atoms with Crippen LogP contribution in [0.4, 0.5) is 14.9 Å². The van der Waals surface area contributed by atoms with Gasteiger partial charge in [0, 0.05) is 62.2 Å². The van der Waals surface area contributed by atoms with Crippen molar-refractivity contribution >= 4 is 81.6 Å². The Hall–Kier alpha value is -6.19. The van der Waals surface area contributed by atoms with E-state index in [0.717, 1.165) is 28.8 Å². The van der Waals surface area contributed by atoms with E-state index < -0.39 is 82.6 Å². The van der Waals surface area contributed by atoms with E-state index in [1.54, 1.807) is 16.4 Å². The first-order valence-corrected chi connectivity index (χ1v) is 21.2. The molecule has 0 radical (unpaired) electrons. The number of ether oxygens (including phenoxy) is 1. The first-order valence-electron chi connectivity index (χ1n) is 19.7. The number of aromatic nitrogens is 1. The number of halogens is 2. The number of hydrogen-bond acceptors (Lipinski definition) is 13. The van der Waals surface area contributed by atoms with Crippen molar-refractivity contribution in [2.75, 3.05) is 50.0 Å². The molecule has 1 aromatic heterocycles. The normalized spacial score (nSPS) is 21.8. The number of imide groups is 1. The number of nitrogens with one attached hydrogen (secondary N) is 2. The van der Waals surface area contributed by atoms with Crippen molar-refractivity contribution in [1.82, 2.24) is 29.9 Å². The summed E-state index contributed by atoms with van der Waals surface area (Å²) in [5, 5.41) is 24.1. The monoisotopic (exact) mass is 894 g/mol. The average Bonchev–Trinajstić information content (AvgIpc) is 4.00. The maximum absolute atomic E-state index is 15.5. The second kappa shape index (κ2) is 16.6. The third-order valence-electron chi connectivity index (χ3n) is 11.5. The summed E-state index contributed by atoms with van der Waals surface area (Å²) in [4.78, 5) is 110. The topological polar surface area (TPSA) is 254 Å². The van der Waals surface area contributed by atoms with Crippen LogP contribution in [0.15, 0.2) is 52.5 Å². The lowest BCUT2D eigenvalue weighted by atomic mass is 10.0. The molecule has 1 aliphatic carbocycles. The van der Waals surface area contributed by atoms with Crippen LogP contribution in [0.25, 0.3) is 10.9 Å². The molecule has 1 saturated carbocycles. The van der Waals surface area contributed by atoms with E-state index in [1.807, 2.05) is 0 Å². The Morgan fingerprint density at radius 3 is 2.40 bits per heavy atom. The van der Waals surface area contributed by atoms with Crippen LogP contribution in [0.3, 0.4) is 0 Å². The lowest BCUT2D eigenvalue weighted by Crippen LogP contribution is -2.71. The maximum atomic E-state index is 15.5. The number of benzene rings is 2. The van der Waals surface area contributed by atoms with Crippen LogP contribution >= 0.6 is 23.4 Å². The van der Waals surface area contributed by atoms with Gasteiger partial charge >= 0.3 is 29.8 Å². The van der Waals surface area contributed by atoms with Crippen molar-refractivity contribution in [3.63, 3.8) is 0 Å². The van der Waals surface area contributed by atoms with Crippen LogP contribution in [-0.2, 0) is 28.7 Å². The molecule has 6 amide bonds. The minimum absolute atomic E-state index is 0.0273. The van der Waals surface area contributed by atoms with Crippen LogP contribution < -0.4 is 26.7 Å². The molecule has 5 aliphatic rings. The summed E-state index contributed by atoms with van der Waals surface area (Å²) in [7, 11) is 0. The second-order valence-electron chi connectivity index (χ2n) is 15.5. The number of rotatable bonds is 11. The number of amides is 6. The van der Waals surface area contributed by atoms with E-state index in [0.29, 0.717) is 37.3 Å². The molecule has 5 heterocycles. The third kappa shape index (κ3) is 7.57. The van der Waals surface area contributed by atoms with E-state index in [9.17, 15) is 48.6 Å². The quantitative estimate of drug-likeness (QED) is 0.104. The van der Waals surface area contributed by atoms with Crippen molar-refractivity contribution < 1.29 is 52.9 Å². The van der Waals surface area contributed by atoms with Gasteiger partial charge in [0.15, 0.2) is 5.43 Å². The number of aliphatic carboxylic acids is 1. The Labute approximate surface area is 360 Å². The number of esters is 1. The predicted octanol–water partition coefficient (Wildman–Crippen LogP) is 1.41. The number of likely N-dealkylation sites (N-methyl/N-ethyl adjacent to an activating group) is 1. The zero-order valence-electron chi connectivity index (χ0n) is 33.0. The number of piperazine rings is 1. The van der Waals surface area contributed by atoms with Crippen molar-refractivity contribution in [2.45, 2.75) is 55.7 Å². The fourth-order valence-electron chi connectivity index (χ4n) is 8.16. The van der Waals surface area contributed by atoms with Crippen LogP contribution in [0.1, 0.15) is 54.3 Å². The molecule has 4 aliphatic heterocycles. The number of thioether (sulfide) groups is 1. The Bertz CT molecular complexity index is 2550. The van der Waals surface area contributed by atoms with Gasteiger partial charge in [0.2, 0.25) is 5.91 Å². The van der Waals surface area contributed by atoms with Crippen LogP contribution in [0.2, 0.25) is 5.02 Å². The number of pyridine rings is 1. The van der Waals surface area contributed by atoms with Crippen molar-refractivity contribution in [3.8, 4) is 5.75 Å². The van der Waals surface area contributed by atoms with Gasteiger partial charge in [-0.25, -0.2) is 18.8 Å². The minimum Gasteiger partial charge on any atom is -0.508 e. The summed E-state index contributed by atoms with van der Waals surface area (Å²) < 4.78 is 22.6. The highest BCUT2D eigenvalue weighted by molar-refractivity contribution is 8.00. The third-order valence-corrected chi connectivity index (χ3v) is 13.2. The number of carboxylic acids is 1. The molecule has 326 valence electrons. The largest absolute Gasteiger partial charge is 0.508 e. The molecule has 62 heavy (non-hydrogen) atoms. The molecule has 0 spiro atoms. The lowest BCUT2D eigenvalue weighted by Gasteiger charge is -2.49. The molecule has 1 unspecified atom stereocenters. The number of nitrogens with two attached hydrogens (primary N) is 1. The number of aromatic hydroxyl groups is 1. The summed E-state index contributed by atoms with van der Waals surface area (Å²) in [6, 6.07) is 3.00. The number of urea groups is 1. The SMILES string of the molecule is CCN1CCN(C(=O)N[C@@H](C(=O)N[C@@H]2C(=O)N3C(C(=O)O)=C(COC(=O)c4cc(=O)c5cc(F)c(N6CCC(N)C6)c(Cl)c5n4C4CC4)CS[C@H]23)c2ccc(O)cc2)C(=O)C1=O. The molecule has 8 rings (SSSR count).